The predicted octanol–water partition coefficient (Wildman–Crippen LogP) is 4.92. The van der Waals surface area contributed by atoms with Gasteiger partial charge in [-0.1, -0.05) is 41.4 Å². The number of amides is 1. The Morgan fingerprint density at radius 1 is 1.14 bits per heavy atom. The van der Waals surface area contributed by atoms with Crippen LogP contribution in [0.5, 0.6) is 0 Å². The highest BCUT2D eigenvalue weighted by atomic mass is 35.5. The first kappa shape index (κ1) is 24.6. The van der Waals surface area contributed by atoms with Crippen LogP contribution < -0.4 is 5.32 Å². The van der Waals surface area contributed by atoms with Crippen molar-refractivity contribution in [3.63, 3.8) is 0 Å². The van der Waals surface area contributed by atoms with Crippen LogP contribution in [0.4, 0.5) is 14.6 Å². The first-order valence-corrected chi connectivity index (χ1v) is 11.8. The summed E-state index contributed by atoms with van der Waals surface area (Å²) >= 11 is 6.30. The highest BCUT2D eigenvalue weighted by Crippen LogP contribution is 2.33. The van der Waals surface area contributed by atoms with Crippen LogP contribution in [0.1, 0.15) is 28.8 Å². The first-order chi connectivity index (χ1) is 17.7. The van der Waals surface area contributed by atoms with Crippen molar-refractivity contribution in [1.82, 2.24) is 34.3 Å². The molecule has 0 saturated carbocycles. The molecule has 0 aliphatic rings. The molecule has 0 bridgehead atoms. The highest BCUT2D eigenvalue weighted by Gasteiger charge is 2.23. The molecule has 5 aromatic rings. The molecule has 0 fully saturated rings. The molecule has 0 aliphatic carbocycles. The van der Waals surface area contributed by atoms with E-state index in [2.05, 4.69) is 25.6 Å². The van der Waals surface area contributed by atoms with E-state index in [1.165, 1.54) is 10.7 Å². The summed E-state index contributed by atoms with van der Waals surface area (Å²) in [6, 6.07) is 9.34. The van der Waals surface area contributed by atoms with Gasteiger partial charge in [-0.05, 0) is 25.5 Å². The van der Waals surface area contributed by atoms with Gasteiger partial charge in [0.2, 0.25) is 5.91 Å². The number of aromatic nitrogens is 7. The van der Waals surface area contributed by atoms with Crippen molar-refractivity contribution in [2.45, 2.75) is 33.4 Å². The Labute approximate surface area is 215 Å². The lowest BCUT2D eigenvalue weighted by Crippen LogP contribution is -2.20. The first-order valence-electron chi connectivity index (χ1n) is 11.4. The minimum absolute atomic E-state index is 0.181. The van der Waals surface area contributed by atoms with Gasteiger partial charge in [0.05, 0.1) is 29.5 Å². The fourth-order valence-corrected chi connectivity index (χ4v) is 4.32. The Hall–Kier alpha value is -4.12. The van der Waals surface area contributed by atoms with E-state index in [0.717, 1.165) is 11.1 Å². The maximum absolute atomic E-state index is 14.0. The molecule has 4 heterocycles. The second kappa shape index (κ2) is 9.74. The van der Waals surface area contributed by atoms with Crippen LogP contribution in [0.2, 0.25) is 5.02 Å². The van der Waals surface area contributed by atoms with E-state index in [4.69, 9.17) is 11.6 Å². The Balaban J connectivity index is 1.40. The number of pyridine rings is 1. The zero-order chi connectivity index (χ0) is 26.3. The van der Waals surface area contributed by atoms with E-state index in [-0.39, 0.29) is 34.0 Å². The fraction of sp³-hybridized carbons (Fsp3) is 0.240. The predicted molar refractivity (Wildman–Crippen MR) is 136 cm³/mol. The number of alkyl halides is 2. The van der Waals surface area contributed by atoms with Crippen molar-refractivity contribution < 1.29 is 13.6 Å². The van der Waals surface area contributed by atoms with E-state index in [0.29, 0.717) is 23.5 Å². The van der Waals surface area contributed by atoms with Gasteiger partial charge in [-0.15, -0.1) is 0 Å². The maximum atomic E-state index is 14.0. The molecule has 12 heteroatoms. The second-order valence-corrected chi connectivity index (χ2v) is 9.21. The number of rotatable bonds is 7. The third kappa shape index (κ3) is 5.08. The maximum Gasteiger partial charge on any atom is 0.264 e. The quantitative estimate of drug-likeness (QED) is 0.326. The fourth-order valence-electron chi connectivity index (χ4n) is 4.12. The van der Waals surface area contributed by atoms with Gasteiger partial charge in [-0.2, -0.15) is 15.3 Å². The van der Waals surface area contributed by atoms with Crippen LogP contribution in [-0.4, -0.2) is 40.2 Å². The van der Waals surface area contributed by atoms with Crippen molar-refractivity contribution >= 4 is 34.4 Å². The standard InChI is InChI=1S/C25H23ClF2N8O/c1-14-4-6-16(7-5-14)10-35-12-19(26)24(33-35)31-21(37)13-36-25-22(15(2)32-36)18(23(27)28)8-20(30-25)17-9-29-34(3)11-17/h4-9,11-12,23H,10,13H2,1-3H3,(H,31,33,37). The van der Waals surface area contributed by atoms with E-state index >= 15 is 0 Å². The van der Waals surface area contributed by atoms with Gasteiger partial charge in [-0.25, -0.2) is 18.4 Å². The van der Waals surface area contributed by atoms with Gasteiger partial charge in [0.15, 0.2) is 11.5 Å². The molecule has 9 nitrogen and oxygen atoms in total. The number of hydrogen-bond acceptors (Lipinski definition) is 5. The number of nitrogens with one attached hydrogen (secondary N) is 1. The minimum Gasteiger partial charge on any atom is -0.306 e. The molecule has 0 aliphatic heterocycles. The molecule has 0 atom stereocenters. The van der Waals surface area contributed by atoms with Crippen LogP contribution in [-0.2, 0) is 24.9 Å². The van der Waals surface area contributed by atoms with E-state index in [9.17, 15) is 13.6 Å². The van der Waals surface area contributed by atoms with Gasteiger partial charge in [0.25, 0.3) is 6.43 Å². The zero-order valence-corrected chi connectivity index (χ0v) is 21.0. The normalized spacial score (nSPS) is 11.5. The van der Waals surface area contributed by atoms with Crippen LogP contribution in [0, 0.1) is 13.8 Å². The topological polar surface area (TPSA) is 95.5 Å². The monoisotopic (exact) mass is 524 g/mol. The van der Waals surface area contributed by atoms with Crippen LogP contribution >= 0.6 is 11.6 Å². The number of anilines is 1. The van der Waals surface area contributed by atoms with Crippen molar-refractivity contribution in [3.8, 4) is 11.3 Å². The van der Waals surface area contributed by atoms with Crippen molar-refractivity contribution in [2.24, 2.45) is 7.05 Å². The molecule has 1 aromatic carbocycles. The molecule has 4 aromatic heterocycles. The van der Waals surface area contributed by atoms with Crippen LogP contribution in [0.3, 0.4) is 0 Å². The number of fused-ring (bicyclic) bond motifs is 1. The van der Waals surface area contributed by atoms with E-state index in [1.54, 1.807) is 41.9 Å². The summed E-state index contributed by atoms with van der Waals surface area (Å²) in [4.78, 5) is 17.4. The average Bonchev–Trinajstić information content (AvgIpc) is 3.52. The van der Waals surface area contributed by atoms with Gasteiger partial charge in [0, 0.05) is 30.6 Å². The van der Waals surface area contributed by atoms with E-state index < -0.39 is 12.3 Å². The zero-order valence-electron chi connectivity index (χ0n) is 20.3. The molecule has 0 saturated heterocycles. The molecule has 0 spiro atoms. The number of benzene rings is 1. The summed E-state index contributed by atoms with van der Waals surface area (Å²) in [5, 5.41) is 16.0. The molecule has 37 heavy (non-hydrogen) atoms. The van der Waals surface area contributed by atoms with Crippen molar-refractivity contribution in [1.29, 1.82) is 0 Å². The number of aryl methyl sites for hydroxylation is 3. The number of halogens is 3. The summed E-state index contributed by atoms with van der Waals surface area (Å²) in [5.41, 5.74) is 3.41. The highest BCUT2D eigenvalue weighted by molar-refractivity contribution is 6.33. The summed E-state index contributed by atoms with van der Waals surface area (Å²) in [5.74, 6) is -0.275. The summed E-state index contributed by atoms with van der Waals surface area (Å²) in [6.45, 7) is 3.83. The van der Waals surface area contributed by atoms with Gasteiger partial charge in [0.1, 0.15) is 11.6 Å². The van der Waals surface area contributed by atoms with Crippen LogP contribution in [0.15, 0.2) is 48.9 Å². The summed E-state index contributed by atoms with van der Waals surface area (Å²) < 4.78 is 32.4. The molecule has 5 rings (SSSR count). The van der Waals surface area contributed by atoms with Gasteiger partial charge >= 0.3 is 0 Å². The van der Waals surface area contributed by atoms with Crippen molar-refractivity contribution in [2.75, 3.05) is 5.32 Å². The van der Waals surface area contributed by atoms with E-state index in [1.807, 2.05) is 31.2 Å². The summed E-state index contributed by atoms with van der Waals surface area (Å²) in [7, 11) is 1.72. The Bertz CT molecular complexity index is 1600. The lowest BCUT2D eigenvalue weighted by atomic mass is 10.1. The Morgan fingerprint density at radius 3 is 2.57 bits per heavy atom. The molecular formula is C25H23ClF2N8O. The summed E-state index contributed by atoms with van der Waals surface area (Å²) in [6.07, 6.45) is 2.10. The number of nitrogens with zero attached hydrogens (tertiary/aromatic N) is 7. The minimum atomic E-state index is -2.75. The lowest BCUT2D eigenvalue weighted by molar-refractivity contribution is -0.116. The number of carbonyl (C=O) groups is 1. The van der Waals surface area contributed by atoms with Gasteiger partial charge in [-0.3, -0.25) is 14.2 Å². The molecule has 1 amide bonds. The SMILES string of the molecule is Cc1ccc(Cn2cc(Cl)c(NC(=O)Cn3nc(C)c4c(C(F)F)cc(-c5cnn(C)c5)nc43)n2)cc1. The lowest BCUT2D eigenvalue weighted by Gasteiger charge is -2.08. The molecule has 0 unspecified atom stereocenters. The smallest absolute Gasteiger partial charge is 0.264 e. The largest absolute Gasteiger partial charge is 0.306 e. The second-order valence-electron chi connectivity index (χ2n) is 8.80. The molecule has 0 radical (unpaired) electrons. The molecular weight excluding hydrogens is 502 g/mol. The molecule has 1 N–H and O–H groups in total. The Morgan fingerprint density at radius 2 is 1.89 bits per heavy atom. The van der Waals surface area contributed by atoms with Crippen molar-refractivity contribution in [3.05, 3.63) is 76.3 Å². The number of carbonyl (C=O) groups excluding carboxylic acids is 1. The Kier molecular flexibility index (Phi) is 6.46. The number of hydrogen-bond donors (Lipinski definition) is 1. The molecule has 190 valence electrons. The van der Waals surface area contributed by atoms with Gasteiger partial charge < -0.3 is 5.32 Å². The average molecular weight is 525 g/mol. The third-order valence-electron chi connectivity index (χ3n) is 5.88. The third-order valence-corrected chi connectivity index (χ3v) is 6.15. The van der Waals surface area contributed by atoms with Crippen LogP contribution in [0.25, 0.3) is 22.3 Å².